The third-order valence-corrected chi connectivity index (χ3v) is 1.99. The summed E-state index contributed by atoms with van der Waals surface area (Å²) in [7, 11) is 1.38. The Balaban J connectivity index is 2.46. The topological polar surface area (TPSA) is 26.3 Å². The number of allylic oxidation sites excluding steroid dienone is 2. The summed E-state index contributed by atoms with van der Waals surface area (Å²) >= 11 is 0. The fourth-order valence-corrected chi connectivity index (χ4v) is 0.885. The molecule has 0 aromatic heterocycles. The van der Waals surface area contributed by atoms with Crippen molar-refractivity contribution in [3.8, 4) is 0 Å². The van der Waals surface area contributed by atoms with Gasteiger partial charge in [0.15, 0.2) is 0 Å². The summed E-state index contributed by atoms with van der Waals surface area (Å²) in [6.07, 6.45) is 7.42. The molecule has 2 heteroatoms. The van der Waals surface area contributed by atoms with Gasteiger partial charge in [-0.1, -0.05) is 12.2 Å². The molecule has 60 valence electrons. The first-order chi connectivity index (χ1) is 5.22. The maximum absolute atomic E-state index is 10.7. The quantitative estimate of drug-likeness (QED) is 0.349. The minimum Gasteiger partial charge on any atom is -0.466 e. The normalized spacial score (nSPS) is 19.7. The molecule has 0 unspecified atom stereocenters. The molecule has 1 aliphatic rings. The Bertz CT molecular complexity index is 200. The molecule has 0 aliphatic heterocycles. The number of rotatable bonds is 3. The maximum atomic E-state index is 10.7. The van der Waals surface area contributed by atoms with E-state index in [1.807, 2.05) is 12.2 Å². The predicted octanol–water partition coefficient (Wildman–Crippen LogP) is 1.68. The molecule has 0 N–H and O–H groups in total. The van der Waals surface area contributed by atoms with Crippen LogP contribution in [0.25, 0.3) is 0 Å². The first-order valence-electron chi connectivity index (χ1n) is 3.63. The predicted molar refractivity (Wildman–Crippen MR) is 43.0 cm³/mol. The Hall–Kier alpha value is -1.05. The molecule has 0 radical (unpaired) electrons. The molecule has 1 fully saturated rings. The molecule has 0 amide bonds. The number of hydrogen-bond acceptors (Lipinski definition) is 2. The van der Waals surface area contributed by atoms with Crippen LogP contribution in [0.5, 0.6) is 0 Å². The zero-order valence-corrected chi connectivity index (χ0v) is 6.67. The van der Waals surface area contributed by atoms with Crippen molar-refractivity contribution >= 4 is 5.97 Å². The standard InChI is InChI=1S/C9H12O2/c1-3-9(6-7-9)5-4-8(10)11-2/h3-5H,1,6-7H2,2H3. The van der Waals surface area contributed by atoms with E-state index in [1.54, 1.807) is 0 Å². The Morgan fingerprint density at radius 3 is 2.64 bits per heavy atom. The summed E-state index contributed by atoms with van der Waals surface area (Å²) in [4.78, 5) is 10.7. The lowest BCUT2D eigenvalue weighted by Crippen LogP contribution is -1.96. The molecular weight excluding hydrogens is 140 g/mol. The molecule has 0 aromatic carbocycles. The highest BCUT2D eigenvalue weighted by molar-refractivity contribution is 5.82. The van der Waals surface area contributed by atoms with E-state index in [0.29, 0.717) is 0 Å². The van der Waals surface area contributed by atoms with Gasteiger partial charge in [0.2, 0.25) is 0 Å². The first-order valence-corrected chi connectivity index (χ1v) is 3.63. The third kappa shape index (κ3) is 1.93. The largest absolute Gasteiger partial charge is 0.466 e. The van der Waals surface area contributed by atoms with Crippen molar-refractivity contribution in [1.29, 1.82) is 0 Å². The zero-order chi connectivity index (χ0) is 8.32. The molecule has 0 bridgehead atoms. The van der Waals surface area contributed by atoms with Crippen LogP contribution < -0.4 is 0 Å². The third-order valence-electron chi connectivity index (χ3n) is 1.99. The lowest BCUT2D eigenvalue weighted by atomic mass is 10.1. The van der Waals surface area contributed by atoms with E-state index >= 15 is 0 Å². The van der Waals surface area contributed by atoms with E-state index in [4.69, 9.17) is 0 Å². The van der Waals surface area contributed by atoms with Crippen LogP contribution in [0.1, 0.15) is 12.8 Å². The first kappa shape index (κ1) is 8.05. The molecule has 1 saturated carbocycles. The van der Waals surface area contributed by atoms with Crippen molar-refractivity contribution in [2.45, 2.75) is 12.8 Å². The van der Waals surface area contributed by atoms with E-state index in [2.05, 4.69) is 11.3 Å². The molecule has 0 heterocycles. The van der Waals surface area contributed by atoms with Gasteiger partial charge in [0.05, 0.1) is 7.11 Å². The van der Waals surface area contributed by atoms with Crippen LogP contribution in [0.15, 0.2) is 24.8 Å². The van der Waals surface area contributed by atoms with Crippen LogP contribution in [-0.2, 0) is 9.53 Å². The summed E-state index contributed by atoms with van der Waals surface area (Å²) in [5.41, 5.74) is 0.105. The van der Waals surface area contributed by atoms with Gasteiger partial charge >= 0.3 is 5.97 Å². The van der Waals surface area contributed by atoms with Gasteiger partial charge in [0.1, 0.15) is 0 Å². The van der Waals surface area contributed by atoms with Gasteiger partial charge in [-0.2, -0.15) is 0 Å². The van der Waals surface area contributed by atoms with Crippen LogP contribution in [0.2, 0.25) is 0 Å². The van der Waals surface area contributed by atoms with Gasteiger partial charge in [-0.3, -0.25) is 0 Å². The van der Waals surface area contributed by atoms with Crippen molar-refractivity contribution in [3.05, 3.63) is 24.8 Å². The van der Waals surface area contributed by atoms with Crippen LogP contribution in [0.4, 0.5) is 0 Å². The molecule has 0 spiro atoms. The summed E-state index contributed by atoms with van der Waals surface area (Å²) < 4.78 is 4.46. The Labute approximate surface area is 66.5 Å². The van der Waals surface area contributed by atoms with Gasteiger partial charge in [-0.25, -0.2) is 4.79 Å². The van der Waals surface area contributed by atoms with Crippen molar-refractivity contribution < 1.29 is 9.53 Å². The van der Waals surface area contributed by atoms with Crippen molar-refractivity contribution in [2.75, 3.05) is 7.11 Å². The molecular formula is C9H12O2. The van der Waals surface area contributed by atoms with Crippen molar-refractivity contribution in [1.82, 2.24) is 0 Å². The van der Waals surface area contributed by atoms with Gasteiger partial charge in [0, 0.05) is 11.5 Å². The highest BCUT2D eigenvalue weighted by Gasteiger charge is 2.36. The van der Waals surface area contributed by atoms with Crippen LogP contribution >= 0.6 is 0 Å². The van der Waals surface area contributed by atoms with Gasteiger partial charge < -0.3 is 4.74 Å². The second-order valence-corrected chi connectivity index (χ2v) is 2.79. The van der Waals surface area contributed by atoms with E-state index in [9.17, 15) is 4.79 Å². The summed E-state index contributed by atoms with van der Waals surface area (Å²) in [5.74, 6) is -0.293. The second-order valence-electron chi connectivity index (χ2n) is 2.79. The van der Waals surface area contributed by atoms with Crippen LogP contribution in [0, 0.1) is 5.41 Å². The van der Waals surface area contributed by atoms with Gasteiger partial charge in [-0.05, 0) is 12.8 Å². The zero-order valence-electron chi connectivity index (χ0n) is 6.67. The fourth-order valence-electron chi connectivity index (χ4n) is 0.885. The fraction of sp³-hybridized carbons (Fsp3) is 0.444. The number of carbonyl (C=O) groups is 1. The summed E-state index contributed by atoms with van der Waals surface area (Å²) in [6, 6.07) is 0. The molecule has 0 aromatic rings. The minimum atomic E-state index is -0.293. The molecule has 1 aliphatic carbocycles. The molecule has 0 saturated heterocycles. The monoisotopic (exact) mass is 152 g/mol. The van der Waals surface area contributed by atoms with E-state index in [1.165, 1.54) is 13.2 Å². The van der Waals surface area contributed by atoms with Crippen LogP contribution in [-0.4, -0.2) is 13.1 Å². The Morgan fingerprint density at radius 1 is 1.64 bits per heavy atom. The number of hydrogen-bond donors (Lipinski definition) is 0. The van der Waals surface area contributed by atoms with Crippen LogP contribution in [0.3, 0.4) is 0 Å². The highest BCUT2D eigenvalue weighted by Crippen LogP contribution is 2.47. The molecule has 1 rings (SSSR count). The summed E-state index contributed by atoms with van der Waals surface area (Å²) in [6.45, 7) is 3.70. The smallest absolute Gasteiger partial charge is 0.330 e. The number of methoxy groups -OCH3 is 1. The van der Waals surface area contributed by atoms with E-state index in [-0.39, 0.29) is 11.4 Å². The van der Waals surface area contributed by atoms with Gasteiger partial charge in [0.25, 0.3) is 0 Å². The molecule has 0 atom stereocenters. The Kier molecular flexibility index (Phi) is 2.13. The SMILES string of the molecule is C=CC1(C=CC(=O)OC)CC1. The maximum Gasteiger partial charge on any atom is 0.330 e. The average molecular weight is 152 g/mol. The van der Waals surface area contributed by atoms with E-state index in [0.717, 1.165) is 12.8 Å². The number of carbonyl (C=O) groups excluding carboxylic acids is 1. The molecule has 11 heavy (non-hydrogen) atoms. The van der Waals surface area contributed by atoms with Gasteiger partial charge in [-0.15, -0.1) is 6.58 Å². The molecule has 2 nitrogen and oxygen atoms in total. The number of esters is 1. The highest BCUT2D eigenvalue weighted by atomic mass is 16.5. The Morgan fingerprint density at radius 2 is 2.27 bits per heavy atom. The minimum absolute atomic E-state index is 0.105. The number of ether oxygens (including phenoxy) is 1. The van der Waals surface area contributed by atoms with E-state index < -0.39 is 0 Å². The van der Waals surface area contributed by atoms with Crippen molar-refractivity contribution in [2.24, 2.45) is 5.41 Å². The average Bonchev–Trinajstić information content (AvgIpc) is 2.81. The second kappa shape index (κ2) is 2.91. The summed E-state index contributed by atoms with van der Waals surface area (Å²) in [5, 5.41) is 0. The lowest BCUT2D eigenvalue weighted by Gasteiger charge is -1.98. The lowest BCUT2D eigenvalue weighted by molar-refractivity contribution is -0.134. The van der Waals surface area contributed by atoms with Crippen molar-refractivity contribution in [3.63, 3.8) is 0 Å².